The first-order chi connectivity index (χ1) is 6.33. The van der Waals surface area contributed by atoms with Crippen molar-refractivity contribution in [1.29, 1.82) is 0 Å². The van der Waals surface area contributed by atoms with Gasteiger partial charge < -0.3 is 5.32 Å². The second-order valence-electron chi connectivity index (χ2n) is 3.48. The van der Waals surface area contributed by atoms with E-state index in [2.05, 4.69) is 40.2 Å². The van der Waals surface area contributed by atoms with Crippen LogP contribution in [0, 0.1) is 0 Å². The molecule has 0 amide bonds. The molecule has 0 unspecified atom stereocenters. The minimum Gasteiger partial charge on any atom is -0.320 e. The second-order valence-corrected chi connectivity index (χ2v) is 3.48. The van der Waals surface area contributed by atoms with Gasteiger partial charge in [-0.15, -0.1) is 0 Å². The molecule has 13 heavy (non-hydrogen) atoms. The molecular formula is C10H20N3+. The summed E-state index contributed by atoms with van der Waals surface area (Å²) < 4.78 is 4.31. The fraction of sp³-hybridized carbons (Fsp3) is 0.700. The lowest BCUT2D eigenvalue weighted by molar-refractivity contribution is -0.671. The Morgan fingerprint density at radius 1 is 1.31 bits per heavy atom. The summed E-state index contributed by atoms with van der Waals surface area (Å²) in [5.74, 6) is 0. The van der Waals surface area contributed by atoms with Gasteiger partial charge in [0, 0.05) is 0 Å². The highest BCUT2D eigenvalue weighted by molar-refractivity contribution is 4.65. The van der Waals surface area contributed by atoms with Crippen molar-refractivity contribution in [1.82, 2.24) is 9.88 Å². The van der Waals surface area contributed by atoms with E-state index >= 15 is 0 Å². The van der Waals surface area contributed by atoms with Gasteiger partial charge in [0.15, 0.2) is 0 Å². The lowest BCUT2D eigenvalue weighted by Gasteiger charge is -1.98. The van der Waals surface area contributed by atoms with Crippen LogP contribution in [0.1, 0.15) is 19.3 Å². The number of hydrogen-bond acceptors (Lipinski definition) is 1. The molecule has 0 saturated carbocycles. The maximum atomic E-state index is 3.16. The Morgan fingerprint density at radius 2 is 2.15 bits per heavy atom. The van der Waals surface area contributed by atoms with Crippen molar-refractivity contribution in [2.75, 3.05) is 13.6 Å². The van der Waals surface area contributed by atoms with Gasteiger partial charge in [0.25, 0.3) is 0 Å². The van der Waals surface area contributed by atoms with Gasteiger partial charge in [0.1, 0.15) is 12.4 Å². The molecule has 0 radical (unpaired) electrons. The van der Waals surface area contributed by atoms with Crippen molar-refractivity contribution >= 4 is 0 Å². The molecule has 1 rings (SSSR count). The van der Waals surface area contributed by atoms with Crippen LogP contribution in [0.25, 0.3) is 0 Å². The molecule has 74 valence electrons. The highest BCUT2D eigenvalue weighted by atomic mass is 15.1. The lowest BCUT2D eigenvalue weighted by Crippen LogP contribution is -2.23. The predicted octanol–water partition coefficient (Wildman–Crippen LogP) is 0.702. The van der Waals surface area contributed by atoms with Gasteiger partial charge in [-0.05, 0) is 32.9 Å². The summed E-state index contributed by atoms with van der Waals surface area (Å²) in [7, 11) is 4.06. The summed E-state index contributed by atoms with van der Waals surface area (Å²) >= 11 is 0. The van der Waals surface area contributed by atoms with Crippen molar-refractivity contribution in [2.24, 2.45) is 7.05 Å². The van der Waals surface area contributed by atoms with Gasteiger partial charge in [0.2, 0.25) is 6.33 Å². The van der Waals surface area contributed by atoms with Gasteiger partial charge in [-0.1, -0.05) is 0 Å². The Balaban J connectivity index is 2.06. The quantitative estimate of drug-likeness (QED) is 0.507. The maximum Gasteiger partial charge on any atom is 0.243 e. The summed E-state index contributed by atoms with van der Waals surface area (Å²) in [5, 5.41) is 3.16. The number of unbranched alkanes of at least 4 members (excludes halogenated alkanes) is 2. The summed E-state index contributed by atoms with van der Waals surface area (Å²) in [6.07, 6.45) is 10.2. The number of rotatable bonds is 6. The zero-order chi connectivity index (χ0) is 9.52. The smallest absolute Gasteiger partial charge is 0.243 e. The number of nitrogens with zero attached hydrogens (tertiary/aromatic N) is 2. The molecule has 0 aliphatic carbocycles. The van der Waals surface area contributed by atoms with Crippen molar-refractivity contribution in [2.45, 2.75) is 25.8 Å². The van der Waals surface area contributed by atoms with Crippen LogP contribution >= 0.6 is 0 Å². The first-order valence-corrected chi connectivity index (χ1v) is 4.98. The highest BCUT2D eigenvalue weighted by Crippen LogP contribution is 1.97. The van der Waals surface area contributed by atoms with E-state index in [0.29, 0.717) is 0 Å². The van der Waals surface area contributed by atoms with E-state index in [1.807, 2.05) is 7.05 Å². The van der Waals surface area contributed by atoms with E-state index in [0.717, 1.165) is 13.1 Å². The normalized spacial score (nSPS) is 10.6. The Bertz CT molecular complexity index is 230. The van der Waals surface area contributed by atoms with Crippen LogP contribution in [0.5, 0.6) is 0 Å². The van der Waals surface area contributed by atoms with E-state index in [4.69, 9.17) is 0 Å². The fourth-order valence-electron chi connectivity index (χ4n) is 1.41. The van der Waals surface area contributed by atoms with Gasteiger partial charge in [-0.3, -0.25) is 0 Å². The van der Waals surface area contributed by atoms with E-state index < -0.39 is 0 Å². The molecule has 0 aromatic carbocycles. The number of imidazole rings is 1. The molecule has 1 N–H and O–H groups in total. The van der Waals surface area contributed by atoms with Crippen LogP contribution in [0.2, 0.25) is 0 Å². The number of hydrogen-bond donors (Lipinski definition) is 1. The van der Waals surface area contributed by atoms with Crippen molar-refractivity contribution in [3.63, 3.8) is 0 Å². The van der Waals surface area contributed by atoms with E-state index in [-0.39, 0.29) is 0 Å². The van der Waals surface area contributed by atoms with Crippen LogP contribution < -0.4 is 9.88 Å². The zero-order valence-corrected chi connectivity index (χ0v) is 8.66. The lowest BCUT2D eigenvalue weighted by atomic mass is 10.2. The number of nitrogens with one attached hydrogen (secondary N) is 1. The molecule has 0 spiro atoms. The van der Waals surface area contributed by atoms with Crippen LogP contribution in [0.4, 0.5) is 0 Å². The minimum atomic E-state index is 1.14. The molecular weight excluding hydrogens is 162 g/mol. The van der Waals surface area contributed by atoms with Gasteiger partial charge in [-0.2, -0.15) is 0 Å². The number of aromatic nitrogens is 2. The summed E-state index contributed by atoms with van der Waals surface area (Å²) in [5.41, 5.74) is 0. The van der Waals surface area contributed by atoms with E-state index in [1.54, 1.807) is 0 Å². The van der Waals surface area contributed by atoms with E-state index in [1.165, 1.54) is 19.3 Å². The third-order valence-corrected chi connectivity index (χ3v) is 2.17. The second kappa shape index (κ2) is 5.75. The molecule has 3 nitrogen and oxygen atoms in total. The topological polar surface area (TPSA) is 20.8 Å². The van der Waals surface area contributed by atoms with Crippen molar-refractivity contribution in [3.8, 4) is 0 Å². The van der Waals surface area contributed by atoms with Gasteiger partial charge in [-0.25, -0.2) is 9.13 Å². The summed E-state index contributed by atoms with van der Waals surface area (Å²) in [4.78, 5) is 0. The Kier molecular flexibility index (Phi) is 4.54. The highest BCUT2D eigenvalue weighted by Gasteiger charge is 1.98. The maximum absolute atomic E-state index is 3.16. The third kappa shape index (κ3) is 4.08. The van der Waals surface area contributed by atoms with Crippen molar-refractivity contribution in [3.05, 3.63) is 18.7 Å². The molecule has 0 bridgehead atoms. The van der Waals surface area contributed by atoms with E-state index in [9.17, 15) is 0 Å². The standard InChI is InChI=1S/C10H20N3/c1-11-6-4-3-5-7-13-9-8-12(2)10-13/h8-11H,3-7H2,1-2H3/q+1. The molecule has 0 fully saturated rings. The predicted molar refractivity (Wildman–Crippen MR) is 53.4 cm³/mol. The Labute approximate surface area is 80.4 Å². The van der Waals surface area contributed by atoms with Crippen LogP contribution in [0.15, 0.2) is 18.7 Å². The molecule has 3 heteroatoms. The molecule has 1 heterocycles. The molecule has 0 saturated heterocycles. The van der Waals surface area contributed by atoms with Crippen LogP contribution in [-0.4, -0.2) is 18.2 Å². The number of aryl methyl sites for hydroxylation is 2. The Morgan fingerprint density at radius 3 is 2.77 bits per heavy atom. The molecule has 0 aliphatic heterocycles. The van der Waals surface area contributed by atoms with Crippen LogP contribution in [-0.2, 0) is 13.6 Å². The molecule has 0 atom stereocenters. The van der Waals surface area contributed by atoms with Crippen LogP contribution in [0.3, 0.4) is 0 Å². The summed E-state index contributed by atoms with van der Waals surface area (Å²) in [6.45, 7) is 2.28. The first kappa shape index (κ1) is 10.3. The zero-order valence-electron chi connectivity index (χ0n) is 8.66. The molecule has 0 aliphatic rings. The Hall–Kier alpha value is -0.830. The van der Waals surface area contributed by atoms with Gasteiger partial charge >= 0.3 is 0 Å². The third-order valence-electron chi connectivity index (χ3n) is 2.17. The average molecular weight is 182 g/mol. The minimum absolute atomic E-state index is 1.14. The average Bonchev–Trinajstić information content (AvgIpc) is 2.51. The largest absolute Gasteiger partial charge is 0.320 e. The first-order valence-electron chi connectivity index (χ1n) is 4.98. The molecule has 1 aromatic heterocycles. The van der Waals surface area contributed by atoms with Crippen molar-refractivity contribution < 1.29 is 4.57 Å². The summed E-state index contributed by atoms with van der Waals surface area (Å²) in [6, 6.07) is 0. The van der Waals surface area contributed by atoms with Gasteiger partial charge in [0.05, 0.1) is 13.6 Å². The monoisotopic (exact) mass is 182 g/mol. The SMILES string of the molecule is CNCCCCCn1cc[n+](C)c1. The molecule has 1 aromatic rings. The fourth-order valence-corrected chi connectivity index (χ4v) is 1.41.